The summed E-state index contributed by atoms with van der Waals surface area (Å²) >= 11 is 0. The van der Waals surface area contributed by atoms with Gasteiger partial charge in [-0.3, -0.25) is 0 Å². The zero-order chi connectivity index (χ0) is 12.3. The van der Waals surface area contributed by atoms with E-state index >= 15 is 0 Å². The molecule has 0 aliphatic rings. The fourth-order valence-corrected chi connectivity index (χ4v) is 1.85. The Hall–Kier alpha value is -1.77. The van der Waals surface area contributed by atoms with Crippen LogP contribution in [0, 0.1) is 6.92 Å². The Morgan fingerprint density at radius 2 is 1.94 bits per heavy atom. The fraction of sp³-hybridized carbons (Fsp3) is 0.357. The maximum atomic E-state index is 9.79. The van der Waals surface area contributed by atoms with Crippen molar-refractivity contribution in [2.75, 3.05) is 0 Å². The molecule has 0 unspecified atom stereocenters. The van der Waals surface area contributed by atoms with E-state index < -0.39 is 0 Å². The van der Waals surface area contributed by atoms with Crippen molar-refractivity contribution in [3.63, 3.8) is 0 Å². The van der Waals surface area contributed by atoms with E-state index in [1.807, 2.05) is 16.8 Å². The SMILES string of the molecule is CCCCc1c(O)cnn1-c1ccc(C)cc1. The van der Waals surface area contributed by atoms with Gasteiger partial charge in [0, 0.05) is 0 Å². The molecule has 0 amide bonds. The number of hydrogen-bond donors (Lipinski definition) is 1. The molecule has 0 atom stereocenters. The predicted molar refractivity (Wildman–Crippen MR) is 68.6 cm³/mol. The number of aryl methyl sites for hydroxylation is 1. The third-order valence-corrected chi connectivity index (χ3v) is 2.89. The second-order valence-electron chi connectivity index (χ2n) is 4.33. The minimum atomic E-state index is 0.291. The van der Waals surface area contributed by atoms with Crippen molar-refractivity contribution in [3.8, 4) is 11.4 Å². The predicted octanol–water partition coefficient (Wildman–Crippen LogP) is 3.23. The highest BCUT2D eigenvalue weighted by atomic mass is 16.3. The lowest BCUT2D eigenvalue weighted by Gasteiger charge is -2.07. The lowest BCUT2D eigenvalue weighted by Crippen LogP contribution is -2.02. The molecule has 1 heterocycles. The first kappa shape index (κ1) is 11.7. The number of unbranched alkanes of at least 4 members (excludes halogenated alkanes) is 1. The zero-order valence-corrected chi connectivity index (χ0v) is 10.3. The van der Waals surface area contributed by atoms with E-state index in [1.165, 1.54) is 11.8 Å². The van der Waals surface area contributed by atoms with E-state index in [9.17, 15) is 5.11 Å². The van der Waals surface area contributed by atoms with Crippen molar-refractivity contribution in [1.82, 2.24) is 9.78 Å². The van der Waals surface area contributed by atoms with Crippen LogP contribution >= 0.6 is 0 Å². The van der Waals surface area contributed by atoms with Crippen LogP contribution in [0.5, 0.6) is 5.75 Å². The molecule has 0 bridgehead atoms. The number of aromatic nitrogens is 2. The van der Waals surface area contributed by atoms with Gasteiger partial charge in [0.05, 0.1) is 17.6 Å². The van der Waals surface area contributed by atoms with E-state index in [1.54, 1.807) is 0 Å². The zero-order valence-electron chi connectivity index (χ0n) is 10.3. The van der Waals surface area contributed by atoms with E-state index in [-0.39, 0.29) is 0 Å². The average molecular weight is 230 g/mol. The molecule has 2 rings (SSSR count). The van der Waals surface area contributed by atoms with Crippen LogP contribution < -0.4 is 0 Å². The summed E-state index contributed by atoms with van der Waals surface area (Å²) in [4.78, 5) is 0. The van der Waals surface area contributed by atoms with Crippen molar-refractivity contribution < 1.29 is 5.11 Å². The van der Waals surface area contributed by atoms with Gasteiger partial charge in [0.2, 0.25) is 0 Å². The van der Waals surface area contributed by atoms with Crippen LogP contribution in [0.1, 0.15) is 31.0 Å². The van der Waals surface area contributed by atoms with Crippen LogP contribution in [-0.4, -0.2) is 14.9 Å². The van der Waals surface area contributed by atoms with E-state index in [2.05, 4.69) is 31.1 Å². The van der Waals surface area contributed by atoms with Gasteiger partial charge in [0.1, 0.15) is 0 Å². The van der Waals surface area contributed by atoms with E-state index in [4.69, 9.17) is 0 Å². The molecule has 3 heteroatoms. The molecule has 1 aromatic heterocycles. The second-order valence-corrected chi connectivity index (χ2v) is 4.33. The number of benzene rings is 1. The molecule has 90 valence electrons. The third-order valence-electron chi connectivity index (χ3n) is 2.89. The first-order chi connectivity index (χ1) is 8.22. The summed E-state index contributed by atoms with van der Waals surface area (Å²) in [5.74, 6) is 0.291. The molecule has 0 spiro atoms. The quantitative estimate of drug-likeness (QED) is 0.875. The van der Waals surface area contributed by atoms with Gasteiger partial charge < -0.3 is 5.11 Å². The Bertz CT molecular complexity index is 485. The average Bonchev–Trinajstić information content (AvgIpc) is 2.69. The topological polar surface area (TPSA) is 38.1 Å². The molecule has 0 fully saturated rings. The standard InChI is InChI=1S/C14H18N2O/c1-3-4-5-13-14(17)10-15-16(13)12-8-6-11(2)7-9-12/h6-10,17H,3-5H2,1-2H3. The lowest BCUT2D eigenvalue weighted by molar-refractivity contribution is 0.465. The molecule has 0 radical (unpaired) electrons. The summed E-state index contributed by atoms with van der Waals surface area (Å²) in [6.07, 6.45) is 4.55. The maximum absolute atomic E-state index is 9.79. The molecule has 0 saturated carbocycles. The summed E-state index contributed by atoms with van der Waals surface area (Å²) in [6.45, 7) is 4.20. The normalized spacial score (nSPS) is 10.7. The molecule has 1 N–H and O–H groups in total. The van der Waals surface area contributed by atoms with Crippen LogP contribution in [0.25, 0.3) is 5.69 Å². The highest BCUT2D eigenvalue weighted by Gasteiger charge is 2.10. The first-order valence-corrected chi connectivity index (χ1v) is 6.05. The van der Waals surface area contributed by atoms with Crippen molar-refractivity contribution in [3.05, 3.63) is 41.7 Å². The van der Waals surface area contributed by atoms with Gasteiger partial charge in [-0.05, 0) is 31.9 Å². The van der Waals surface area contributed by atoms with Gasteiger partial charge in [0.25, 0.3) is 0 Å². The van der Waals surface area contributed by atoms with Gasteiger partial charge in [-0.25, -0.2) is 4.68 Å². The molecule has 0 aliphatic carbocycles. The van der Waals surface area contributed by atoms with Crippen molar-refractivity contribution in [2.45, 2.75) is 33.1 Å². The largest absolute Gasteiger partial charge is 0.504 e. The van der Waals surface area contributed by atoms with Crippen LogP contribution in [0.2, 0.25) is 0 Å². The Morgan fingerprint density at radius 3 is 2.59 bits per heavy atom. The minimum Gasteiger partial charge on any atom is -0.504 e. The molecule has 3 nitrogen and oxygen atoms in total. The summed E-state index contributed by atoms with van der Waals surface area (Å²) in [6, 6.07) is 8.16. The number of nitrogens with zero attached hydrogens (tertiary/aromatic N) is 2. The van der Waals surface area contributed by atoms with Crippen molar-refractivity contribution >= 4 is 0 Å². The van der Waals surface area contributed by atoms with Crippen LogP contribution in [0.4, 0.5) is 0 Å². The smallest absolute Gasteiger partial charge is 0.157 e. The molecular weight excluding hydrogens is 212 g/mol. The molecule has 17 heavy (non-hydrogen) atoms. The summed E-state index contributed by atoms with van der Waals surface area (Å²) in [7, 11) is 0. The Morgan fingerprint density at radius 1 is 1.24 bits per heavy atom. The van der Waals surface area contributed by atoms with Gasteiger partial charge in [-0.15, -0.1) is 0 Å². The van der Waals surface area contributed by atoms with Crippen molar-refractivity contribution in [1.29, 1.82) is 0 Å². The second kappa shape index (κ2) is 5.04. The lowest BCUT2D eigenvalue weighted by atomic mass is 10.2. The number of aromatic hydroxyl groups is 1. The van der Waals surface area contributed by atoms with Crippen LogP contribution in [0.15, 0.2) is 30.5 Å². The molecule has 0 aliphatic heterocycles. The Balaban J connectivity index is 2.34. The van der Waals surface area contributed by atoms with E-state index in [0.29, 0.717) is 5.75 Å². The molecule has 1 aromatic carbocycles. The minimum absolute atomic E-state index is 0.291. The molecule has 2 aromatic rings. The highest BCUT2D eigenvalue weighted by Crippen LogP contribution is 2.22. The van der Waals surface area contributed by atoms with Crippen LogP contribution in [-0.2, 0) is 6.42 Å². The van der Waals surface area contributed by atoms with Crippen LogP contribution in [0.3, 0.4) is 0 Å². The molecule has 0 saturated heterocycles. The van der Waals surface area contributed by atoms with E-state index in [0.717, 1.165) is 30.6 Å². The first-order valence-electron chi connectivity index (χ1n) is 6.05. The Labute approximate surface area is 102 Å². The summed E-state index contributed by atoms with van der Waals surface area (Å²) in [5.41, 5.74) is 3.12. The maximum Gasteiger partial charge on any atom is 0.157 e. The van der Waals surface area contributed by atoms with Gasteiger partial charge in [0.15, 0.2) is 5.75 Å². The highest BCUT2D eigenvalue weighted by molar-refractivity contribution is 5.38. The van der Waals surface area contributed by atoms with Gasteiger partial charge in [-0.2, -0.15) is 5.10 Å². The fourth-order valence-electron chi connectivity index (χ4n) is 1.85. The summed E-state index contributed by atoms with van der Waals surface area (Å²) < 4.78 is 1.82. The third kappa shape index (κ3) is 2.49. The number of rotatable bonds is 4. The number of hydrogen-bond acceptors (Lipinski definition) is 2. The van der Waals surface area contributed by atoms with Gasteiger partial charge >= 0.3 is 0 Å². The Kier molecular flexibility index (Phi) is 3.47. The molecular formula is C14H18N2O. The summed E-state index contributed by atoms with van der Waals surface area (Å²) in [5, 5.41) is 14.0. The van der Waals surface area contributed by atoms with Crippen molar-refractivity contribution in [2.24, 2.45) is 0 Å². The monoisotopic (exact) mass is 230 g/mol. The van der Waals surface area contributed by atoms with Gasteiger partial charge in [-0.1, -0.05) is 31.0 Å².